The van der Waals surface area contributed by atoms with Crippen molar-refractivity contribution in [3.8, 4) is 16.9 Å². The van der Waals surface area contributed by atoms with Gasteiger partial charge in [0.05, 0.1) is 12.5 Å². The normalized spacial score (nSPS) is 11.1. The zero-order valence-electron chi connectivity index (χ0n) is 15.3. The van der Waals surface area contributed by atoms with Crippen LogP contribution in [0.2, 0.25) is 0 Å². The second kappa shape index (κ2) is 7.77. The van der Waals surface area contributed by atoms with Gasteiger partial charge in [0, 0.05) is 22.3 Å². The Labute approximate surface area is 169 Å². The molecule has 4 aromatic rings. The molecule has 7 heteroatoms. The number of benzene rings is 2. The number of aromatic nitrogens is 2. The molecule has 2 aromatic heterocycles. The van der Waals surface area contributed by atoms with E-state index in [9.17, 15) is 9.18 Å². The van der Waals surface area contributed by atoms with E-state index in [0.717, 1.165) is 22.3 Å². The fraction of sp³-hybridized carbons (Fsp3) is 0.143. The smallest absolute Gasteiger partial charge is 0.260 e. The third-order valence-corrected chi connectivity index (χ3v) is 6.15. The summed E-state index contributed by atoms with van der Waals surface area (Å²) in [5, 5.41) is 3.01. The van der Waals surface area contributed by atoms with Crippen molar-refractivity contribution in [3.05, 3.63) is 75.1 Å². The molecule has 0 aliphatic rings. The number of H-pyrrole nitrogens is 1. The molecule has 0 amide bonds. The first kappa shape index (κ1) is 18.7. The minimum absolute atomic E-state index is 0.188. The monoisotopic (exact) mass is 412 g/mol. The average Bonchev–Trinajstić information content (AvgIpc) is 3.11. The van der Waals surface area contributed by atoms with Gasteiger partial charge in [-0.2, -0.15) is 0 Å². The molecule has 28 heavy (non-hydrogen) atoms. The first-order valence-corrected chi connectivity index (χ1v) is 10.5. The average molecular weight is 413 g/mol. The number of fused-ring (bicyclic) bond motifs is 1. The van der Waals surface area contributed by atoms with Gasteiger partial charge in [-0.3, -0.25) is 4.79 Å². The van der Waals surface area contributed by atoms with Gasteiger partial charge in [0.2, 0.25) is 0 Å². The van der Waals surface area contributed by atoms with E-state index in [1.807, 2.05) is 36.6 Å². The van der Waals surface area contributed by atoms with Crippen LogP contribution in [0.25, 0.3) is 21.3 Å². The van der Waals surface area contributed by atoms with Crippen molar-refractivity contribution in [2.45, 2.75) is 17.8 Å². The van der Waals surface area contributed by atoms with Crippen LogP contribution < -0.4 is 10.3 Å². The van der Waals surface area contributed by atoms with Crippen LogP contribution in [0, 0.1) is 12.7 Å². The number of thiophene rings is 1. The number of methoxy groups -OCH3 is 1. The summed E-state index contributed by atoms with van der Waals surface area (Å²) in [4.78, 5) is 20.9. The van der Waals surface area contributed by atoms with Crippen LogP contribution >= 0.6 is 23.1 Å². The molecule has 4 rings (SSSR count). The predicted octanol–water partition coefficient (Wildman–Crippen LogP) is 5.40. The zero-order valence-corrected chi connectivity index (χ0v) is 16.9. The van der Waals surface area contributed by atoms with E-state index in [1.165, 1.54) is 35.2 Å². The Morgan fingerprint density at radius 2 is 2.07 bits per heavy atom. The molecule has 0 unspecified atom stereocenters. The third-order valence-electron chi connectivity index (χ3n) is 4.33. The fourth-order valence-corrected chi connectivity index (χ4v) is 4.81. The Morgan fingerprint density at radius 3 is 2.86 bits per heavy atom. The summed E-state index contributed by atoms with van der Waals surface area (Å²) in [6.07, 6.45) is 0. The highest BCUT2D eigenvalue weighted by Crippen LogP contribution is 2.37. The van der Waals surface area contributed by atoms with Crippen LogP contribution in [0.1, 0.15) is 11.1 Å². The zero-order chi connectivity index (χ0) is 19.7. The first-order chi connectivity index (χ1) is 13.5. The molecular formula is C21H17FN2O2S2. The number of aryl methyl sites for hydroxylation is 1. The van der Waals surface area contributed by atoms with Crippen molar-refractivity contribution in [1.82, 2.24) is 9.97 Å². The summed E-state index contributed by atoms with van der Waals surface area (Å²) in [6, 6.07) is 12.3. The van der Waals surface area contributed by atoms with Crippen molar-refractivity contribution in [1.29, 1.82) is 0 Å². The van der Waals surface area contributed by atoms with E-state index in [1.54, 1.807) is 13.2 Å². The summed E-state index contributed by atoms with van der Waals surface area (Å²) in [6.45, 7) is 2.00. The van der Waals surface area contributed by atoms with Gasteiger partial charge in [0.15, 0.2) is 5.16 Å². The number of thioether (sulfide) groups is 1. The highest BCUT2D eigenvalue weighted by molar-refractivity contribution is 7.98. The Bertz CT molecular complexity index is 1220. The number of ether oxygens (including phenoxy) is 1. The number of rotatable bonds is 5. The van der Waals surface area contributed by atoms with Crippen molar-refractivity contribution >= 4 is 33.3 Å². The molecule has 4 nitrogen and oxygen atoms in total. The predicted molar refractivity (Wildman–Crippen MR) is 113 cm³/mol. The van der Waals surface area contributed by atoms with Gasteiger partial charge in [-0.05, 0) is 36.8 Å². The molecule has 0 bridgehead atoms. The van der Waals surface area contributed by atoms with Gasteiger partial charge in [0.25, 0.3) is 5.56 Å². The fourth-order valence-electron chi connectivity index (χ4n) is 3.01. The quantitative estimate of drug-likeness (QED) is 0.352. The summed E-state index contributed by atoms with van der Waals surface area (Å²) in [5.41, 5.74) is 3.43. The minimum Gasteiger partial charge on any atom is -0.496 e. The lowest BCUT2D eigenvalue weighted by atomic mass is 10.0. The van der Waals surface area contributed by atoms with Crippen molar-refractivity contribution < 1.29 is 9.13 Å². The van der Waals surface area contributed by atoms with E-state index < -0.39 is 0 Å². The summed E-state index contributed by atoms with van der Waals surface area (Å²) >= 11 is 2.80. The van der Waals surface area contributed by atoms with Crippen molar-refractivity contribution in [2.24, 2.45) is 0 Å². The number of hydrogen-bond donors (Lipinski definition) is 1. The molecule has 0 radical (unpaired) electrons. The standard InChI is InChI=1S/C21H17FN2O2S2/c1-12-6-7-17(26-2)15(8-12)16-11-27-20-18(16)19(25)23-21(24-20)28-10-13-4-3-5-14(22)9-13/h3-9,11H,10H2,1-2H3,(H,23,24,25). The van der Waals surface area contributed by atoms with Crippen LogP contribution in [0.3, 0.4) is 0 Å². The lowest BCUT2D eigenvalue weighted by Crippen LogP contribution is -2.08. The molecule has 1 N–H and O–H groups in total. The van der Waals surface area contributed by atoms with Crippen LogP contribution in [-0.4, -0.2) is 17.1 Å². The maximum absolute atomic E-state index is 13.3. The van der Waals surface area contributed by atoms with Gasteiger partial charge in [-0.25, -0.2) is 9.37 Å². The SMILES string of the molecule is COc1ccc(C)cc1-c1csc2nc(SCc3cccc(F)c3)[nH]c(=O)c12. The molecule has 0 aliphatic carbocycles. The highest BCUT2D eigenvalue weighted by atomic mass is 32.2. The summed E-state index contributed by atoms with van der Waals surface area (Å²) < 4.78 is 18.8. The van der Waals surface area contributed by atoms with E-state index in [0.29, 0.717) is 26.9 Å². The molecule has 0 aliphatic heterocycles. The second-order valence-corrected chi connectivity index (χ2v) is 8.15. The van der Waals surface area contributed by atoms with Gasteiger partial charge < -0.3 is 9.72 Å². The molecule has 0 saturated heterocycles. The topological polar surface area (TPSA) is 55.0 Å². The van der Waals surface area contributed by atoms with Gasteiger partial charge in [0.1, 0.15) is 16.4 Å². The molecule has 2 aromatic carbocycles. The number of aromatic amines is 1. The Kier molecular flexibility index (Phi) is 5.19. The van der Waals surface area contributed by atoms with E-state index in [4.69, 9.17) is 4.74 Å². The molecule has 0 saturated carbocycles. The molecular weight excluding hydrogens is 395 g/mol. The largest absolute Gasteiger partial charge is 0.496 e. The van der Waals surface area contributed by atoms with Gasteiger partial charge >= 0.3 is 0 Å². The molecule has 0 fully saturated rings. The Morgan fingerprint density at radius 1 is 1.21 bits per heavy atom. The number of halogens is 1. The van der Waals surface area contributed by atoms with Crippen LogP contribution in [0.5, 0.6) is 5.75 Å². The van der Waals surface area contributed by atoms with Gasteiger partial charge in [-0.1, -0.05) is 35.5 Å². The molecule has 0 spiro atoms. The Balaban J connectivity index is 1.70. The van der Waals surface area contributed by atoms with E-state index >= 15 is 0 Å². The molecule has 2 heterocycles. The van der Waals surface area contributed by atoms with E-state index in [2.05, 4.69) is 9.97 Å². The third kappa shape index (κ3) is 3.68. The van der Waals surface area contributed by atoms with Crippen LogP contribution in [0.4, 0.5) is 4.39 Å². The number of hydrogen-bond acceptors (Lipinski definition) is 5. The molecule has 0 atom stereocenters. The maximum Gasteiger partial charge on any atom is 0.260 e. The van der Waals surface area contributed by atoms with Gasteiger partial charge in [-0.15, -0.1) is 11.3 Å². The van der Waals surface area contributed by atoms with Crippen LogP contribution in [0.15, 0.2) is 57.8 Å². The maximum atomic E-state index is 13.3. The number of nitrogens with one attached hydrogen (secondary N) is 1. The second-order valence-electron chi connectivity index (χ2n) is 6.32. The van der Waals surface area contributed by atoms with Crippen molar-refractivity contribution in [3.63, 3.8) is 0 Å². The minimum atomic E-state index is -0.273. The lowest BCUT2D eigenvalue weighted by molar-refractivity contribution is 0.416. The van der Waals surface area contributed by atoms with Crippen molar-refractivity contribution in [2.75, 3.05) is 7.11 Å². The molecule has 142 valence electrons. The van der Waals surface area contributed by atoms with Crippen LogP contribution in [-0.2, 0) is 5.75 Å². The summed E-state index contributed by atoms with van der Waals surface area (Å²) in [5.74, 6) is 0.968. The lowest BCUT2D eigenvalue weighted by Gasteiger charge is -2.08. The van der Waals surface area contributed by atoms with E-state index in [-0.39, 0.29) is 11.4 Å². The first-order valence-electron chi connectivity index (χ1n) is 8.59. The summed E-state index contributed by atoms with van der Waals surface area (Å²) in [7, 11) is 1.62. The highest BCUT2D eigenvalue weighted by Gasteiger charge is 2.16. The number of nitrogens with zero attached hydrogens (tertiary/aromatic N) is 1. The Hall–Kier alpha value is -2.64.